The van der Waals surface area contributed by atoms with Crippen LogP contribution in [0.2, 0.25) is 0 Å². The molecule has 0 fully saturated rings. The van der Waals surface area contributed by atoms with Gasteiger partial charge >= 0.3 is 0 Å². The Morgan fingerprint density at radius 2 is 2.11 bits per heavy atom. The second-order valence-corrected chi connectivity index (χ2v) is 6.26. The third kappa shape index (κ3) is 2.71. The van der Waals surface area contributed by atoms with Crippen LogP contribution in [0.15, 0.2) is 24.3 Å². The Kier molecular flexibility index (Phi) is 3.39. The van der Waals surface area contributed by atoms with E-state index in [4.69, 9.17) is 0 Å². The maximum Gasteiger partial charge on any atom is 0.296 e. The van der Waals surface area contributed by atoms with Gasteiger partial charge in [-0.25, -0.2) is 8.42 Å². The summed E-state index contributed by atoms with van der Waals surface area (Å²) in [5.74, 6) is 4.37. The van der Waals surface area contributed by atoms with Crippen molar-refractivity contribution in [3.63, 3.8) is 0 Å². The number of hydrogen-bond donors (Lipinski definition) is 1. The van der Waals surface area contributed by atoms with E-state index in [1.165, 1.54) is 0 Å². The van der Waals surface area contributed by atoms with Gasteiger partial charge in [0.15, 0.2) is 9.84 Å². The van der Waals surface area contributed by atoms with Crippen LogP contribution in [0.5, 0.6) is 0 Å². The van der Waals surface area contributed by atoms with Crippen LogP contribution < -0.4 is 5.32 Å². The topological polar surface area (TPSA) is 63.2 Å². The minimum absolute atomic E-state index is 0.0367. The zero-order valence-electron chi connectivity index (χ0n) is 9.93. The van der Waals surface area contributed by atoms with Crippen LogP contribution in [-0.2, 0) is 20.4 Å². The fraction of sp³-hybridized carbons (Fsp3) is 0.308. The average Bonchev–Trinajstić information content (AvgIpc) is 2.27. The van der Waals surface area contributed by atoms with Gasteiger partial charge in [0.1, 0.15) is 0 Å². The summed E-state index contributed by atoms with van der Waals surface area (Å²) < 4.78 is 23.6. The molecule has 1 atom stereocenters. The van der Waals surface area contributed by atoms with Gasteiger partial charge in [-0.15, -0.1) is 0 Å². The van der Waals surface area contributed by atoms with Crippen LogP contribution in [0, 0.1) is 11.8 Å². The lowest BCUT2D eigenvalue weighted by Crippen LogP contribution is -2.36. The van der Waals surface area contributed by atoms with Crippen molar-refractivity contribution in [2.24, 2.45) is 0 Å². The first-order valence-corrected chi connectivity index (χ1v) is 7.35. The van der Waals surface area contributed by atoms with Gasteiger partial charge in [0.2, 0.25) is 0 Å². The van der Waals surface area contributed by atoms with Crippen molar-refractivity contribution in [1.29, 1.82) is 0 Å². The van der Waals surface area contributed by atoms with Gasteiger partial charge in [0.05, 0.1) is 17.5 Å². The Bertz CT molecular complexity index is 638. The molecule has 1 aromatic rings. The predicted octanol–water partition coefficient (Wildman–Crippen LogP) is 0.796. The van der Waals surface area contributed by atoms with Crippen LogP contribution in [0.3, 0.4) is 0 Å². The van der Waals surface area contributed by atoms with E-state index in [-0.39, 0.29) is 11.5 Å². The molecule has 94 valence electrons. The zero-order chi connectivity index (χ0) is 13.2. The lowest BCUT2D eigenvalue weighted by molar-refractivity contribution is -0.116. The molecule has 2 rings (SSSR count). The molecule has 1 unspecified atom stereocenters. The predicted molar refractivity (Wildman–Crippen MR) is 68.3 cm³/mol. The quantitative estimate of drug-likeness (QED) is 0.762. The van der Waals surface area contributed by atoms with E-state index in [2.05, 4.69) is 17.2 Å². The van der Waals surface area contributed by atoms with Crippen LogP contribution >= 0.6 is 0 Å². The van der Waals surface area contributed by atoms with Gasteiger partial charge in [-0.05, 0) is 24.0 Å². The fourth-order valence-corrected chi connectivity index (χ4v) is 3.70. The first-order chi connectivity index (χ1) is 8.52. The van der Waals surface area contributed by atoms with E-state index in [0.29, 0.717) is 0 Å². The van der Waals surface area contributed by atoms with Crippen LogP contribution in [0.25, 0.3) is 0 Å². The van der Waals surface area contributed by atoms with E-state index in [1.54, 1.807) is 19.1 Å². The number of hydrogen-bond acceptors (Lipinski definition) is 3. The number of carbonyl (C=O) groups is 1. The van der Waals surface area contributed by atoms with E-state index >= 15 is 0 Å². The van der Waals surface area contributed by atoms with E-state index in [9.17, 15) is 13.2 Å². The molecule has 0 spiro atoms. The van der Waals surface area contributed by atoms with Crippen LogP contribution in [-0.4, -0.2) is 20.1 Å². The molecule has 0 bridgehead atoms. The number of nitrogens with one attached hydrogen (secondary N) is 1. The van der Waals surface area contributed by atoms with Gasteiger partial charge in [-0.3, -0.25) is 4.79 Å². The zero-order valence-corrected chi connectivity index (χ0v) is 10.8. The van der Waals surface area contributed by atoms with Crippen molar-refractivity contribution >= 4 is 15.7 Å². The lowest BCUT2D eigenvalue weighted by Gasteiger charge is -2.25. The highest BCUT2D eigenvalue weighted by Gasteiger charge is 2.30. The lowest BCUT2D eigenvalue weighted by atomic mass is 10.0. The third-order valence-electron chi connectivity index (χ3n) is 2.77. The summed E-state index contributed by atoms with van der Waals surface area (Å²) in [7, 11) is -3.17. The summed E-state index contributed by atoms with van der Waals surface area (Å²) in [6.45, 7) is 1.56. The third-order valence-corrected chi connectivity index (χ3v) is 4.36. The fourth-order valence-electron chi connectivity index (χ4n) is 2.07. The Morgan fingerprint density at radius 1 is 1.39 bits per heavy atom. The number of benzene rings is 1. The Hall–Kier alpha value is -1.80. The summed E-state index contributed by atoms with van der Waals surface area (Å²) >= 11 is 0. The normalized spacial score (nSPS) is 20.2. The maximum atomic E-state index is 11.8. The van der Waals surface area contributed by atoms with Crippen molar-refractivity contribution in [3.05, 3.63) is 35.4 Å². The maximum absolute atomic E-state index is 11.8. The summed E-state index contributed by atoms with van der Waals surface area (Å²) in [5.41, 5.74) is 1.61. The van der Waals surface area contributed by atoms with Crippen molar-refractivity contribution in [3.8, 4) is 11.8 Å². The van der Waals surface area contributed by atoms with Gasteiger partial charge in [0.25, 0.3) is 5.91 Å². The molecule has 1 heterocycles. The monoisotopic (exact) mass is 263 g/mol. The van der Waals surface area contributed by atoms with E-state index < -0.39 is 21.8 Å². The van der Waals surface area contributed by atoms with Gasteiger partial charge in [-0.2, -0.15) is 0 Å². The molecule has 0 saturated heterocycles. The molecular weight excluding hydrogens is 250 g/mol. The minimum atomic E-state index is -3.17. The number of rotatable bonds is 1. The summed E-state index contributed by atoms with van der Waals surface area (Å²) in [6.07, 6.45) is 0. The first kappa shape index (κ1) is 12.7. The molecule has 1 amide bonds. The SMILES string of the molecule is CC#CC(=O)NC1CS(=O)(=O)Cc2ccccc21. The summed E-state index contributed by atoms with van der Waals surface area (Å²) in [4.78, 5) is 11.5. The Morgan fingerprint density at radius 3 is 2.83 bits per heavy atom. The molecule has 1 aliphatic heterocycles. The van der Waals surface area contributed by atoms with Crippen molar-refractivity contribution in [2.45, 2.75) is 18.7 Å². The highest BCUT2D eigenvalue weighted by molar-refractivity contribution is 7.90. The van der Waals surface area contributed by atoms with Crippen molar-refractivity contribution < 1.29 is 13.2 Å². The highest BCUT2D eigenvalue weighted by Crippen LogP contribution is 2.27. The van der Waals surface area contributed by atoms with Crippen LogP contribution in [0.4, 0.5) is 0 Å². The molecule has 5 heteroatoms. The number of amides is 1. The number of carbonyl (C=O) groups excluding carboxylic acids is 1. The molecule has 4 nitrogen and oxygen atoms in total. The Labute approximate surface area is 106 Å². The minimum Gasteiger partial charge on any atom is -0.337 e. The average molecular weight is 263 g/mol. The van der Waals surface area contributed by atoms with Gasteiger partial charge < -0.3 is 5.32 Å². The molecule has 1 aromatic carbocycles. The van der Waals surface area contributed by atoms with Gasteiger partial charge in [0, 0.05) is 0 Å². The molecule has 1 aliphatic rings. The smallest absolute Gasteiger partial charge is 0.296 e. The highest BCUT2D eigenvalue weighted by atomic mass is 32.2. The molecule has 0 aromatic heterocycles. The molecule has 1 N–H and O–H groups in total. The van der Waals surface area contributed by atoms with E-state index in [0.717, 1.165) is 11.1 Å². The summed E-state index contributed by atoms with van der Waals surface area (Å²) in [5, 5.41) is 2.64. The number of sulfone groups is 1. The molecule has 0 radical (unpaired) electrons. The van der Waals surface area contributed by atoms with Crippen LogP contribution in [0.1, 0.15) is 24.1 Å². The molecule has 0 aliphatic carbocycles. The summed E-state index contributed by atoms with van der Waals surface area (Å²) in [6, 6.07) is 6.74. The largest absolute Gasteiger partial charge is 0.337 e. The molecular formula is C13H13NO3S. The van der Waals surface area contributed by atoms with Crippen molar-refractivity contribution in [1.82, 2.24) is 5.32 Å². The number of fused-ring (bicyclic) bond motifs is 1. The standard InChI is InChI=1S/C13H13NO3S/c1-2-5-13(15)14-12-9-18(16,17)8-10-6-3-4-7-11(10)12/h3-4,6-7,12H,8-9H2,1H3,(H,14,15). The Balaban J connectivity index is 2.35. The molecule has 0 saturated carbocycles. The second kappa shape index (κ2) is 4.83. The first-order valence-electron chi connectivity index (χ1n) is 5.53. The second-order valence-electron chi connectivity index (χ2n) is 4.15. The van der Waals surface area contributed by atoms with Gasteiger partial charge in [-0.1, -0.05) is 30.2 Å². The van der Waals surface area contributed by atoms with E-state index in [1.807, 2.05) is 12.1 Å². The van der Waals surface area contributed by atoms with Crippen molar-refractivity contribution in [2.75, 3.05) is 5.75 Å². The molecule has 18 heavy (non-hydrogen) atoms.